The van der Waals surface area contributed by atoms with Crippen molar-refractivity contribution >= 4 is 33.3 Å². The average molecular weight is 414 g/mol. The number of anilines is 1. The molecule has 0 saturated carbocycles. The highest BCUT2D eigenvalue weighted by Crippen LogP contribution is 2.33. The van der Waals surface area contributed by atoms with Crippen LogP contribution >= 0.6 is 11.3 Å². The highest BCUT2D eigenvalue weighted by molar-refractivity contribution is 7.20. The summed E-state index contributed by atoms with van der Waals surface area (Å²) in [4.78, 5) is 24.0. The standard InChI is InChI=1S/C21H27N5O2S/c1-12-16-13(2)23-20(21(3,4)5)25-19(16)29-17(12)18(27)24-15-6-8-22-26(15)10-14-7-9-28-11-14/h6,8,14H,7,9-11H2,1-5H3,(H,24,27)/t14-/m1/s1. The van der Waals surface area contributed by atoms with Crippen LogP contribution in [0.5, 0.6) is 0 Å². The summed E-state index contributed by atoms with van der Waals surface area (Å²) in [6.45, 7) is 12.5. The Bertz CT molecular complexity index is 1060. The topological polar surface area (TPSA) is 81.9 Å². The van der Waals surface area contributed by atoms with E-state index < -0.39 is 0 Å². The fraction of sp³-hybridized carbons (Fsp3) is 0.524. The van der Waals surface area contributed by atoms with E-state index >= 15 is 0 Å². The van der Waals surface area contributed by atoms with Crippen molar-refractivity contribution < 1.29 is 9.53 Å². The molecule has 154 valence electrons. The van der Waals surface area contributed by atoms with Gasteiger partial charge in [0.1, 0.15) is 16.5 Å². The van der Waals surface area contributed by atoms with Gasteiger partial charge in [0.15, 0.2) is 0 Å². The summed E-state index contributed by atoms with van der Waals surface area (Å²) in [5.41, 5.74) is 1.70. The molecule has 0 aromatic carbocycles. The van der Waals surface area contributed by atoms with Crippen molar-refractivity contribution in [3.05, 3.63) is 34.2 Å². The quantitative estimate of drug-likeness (QED) is 0.697. The van der Waals surface area contributed by atoms with Crippen molar-refractivity contribution in [2.24, 2.45) is 5.92 Å². The smallest absolute Gasteiger partial charge is 0.267 e. The number of amides is 1. The Morgan fingerprint density at radius 3 is 2.83 bits per heavy atom. The number of fused-ring (bicyclic) bond motifs is 1. The largest absolute Gasteiger partial charge is 0.381 e. The second-order valence-corrected chi connectivity index (χ2v) is 9.70. The Balaban J connectivity index is 1.62. The molecule has 0 radical (unpaired) electrons. The summed E-state index contributed by atoms with van der Waals surface area (Å²) >= 11 is 1.42. The van der Waals surface area contributed by atoms with E-state index in [2.05, 4.69) is 31.2 Å². The van der Waals surface area contributed by atoms with Crippen LogP contribution in [-0.2, 0) is 16.7 Å². The number of nitrogens with one attached hydrogen (secondary N) is 1. The van der Waals surface area contributed by atoms with Gasteiger partial charge in [-0.25, -0.2) is 14.6 Å². The Morgan fingerprint density at radius 2 is 2.14 bits per heavy atom. The van der Waals surface area contributed by atoms with Crippen LogP contribution in [0.2, 0.25) is 0 Å². The molecule has 1 fully saturated rings. The first-order valence-electron chi connectivity index (χ1n) is 9.93. The van der Waals surface area contributed by atoms with Gasteiger partial charge in [0, 0.05) is 35.9 Å². The van der Waals surface area contributed by atoms with Gasteiger partial charge in [0.2, 0.25) is 0 Å². The zero-order valence-corrected chi connectivity index (χ0v) is 18.4. The molecule has 0 aliphatic carbocycles. The van der Waals surface area contributed by atoms with Crippen LogP contribution in [-0.4, -0.2) is 38.9 Å². The SMILES string of the molecule is Cc1nc(C(C)(C)C)nc2sc(C(=O)Nc3ccnn3C[C@H]3CCOC3)c(C)c12. The van der Waals surface area contributed by atoms with E-state index in [-0.39, 0.29) is 11.3 Å². The Morgan fingerprint density at radius 1 is 1.34 bits per heavy atom. The average Bonchev–Trinajstić information content (AvgIpc) is 3.36. The van der Waals surface area contributed by atoms with Gasteiger partial charge in [-0.3, -0.25) is 4.79 Å². The number of rotatable bonds is 4. The normalized spacial score (nSPS) is 17.2. The van der Waals surface area contributed by atoms with Gasteiger partial charge in [0.05, 0.1) is 23.4 Å². The molecule has 3 aromatic rings. The number of thiophene rings is 1. The summed E-state index contributed by atoms with van der Waals surface area (Å²) in [5.74, 6) is 1.81. The second-order valence-electron chi connectivity index (χ2n) is 8.70. The molecule has 0 spiro atoms. The van der Waals surface area contributed by atoms with Crippen LogP contribution in [0.1, 0.15) is 53.9 Å². The summed E-state index contributed by atoms with van der Waals surface area (Å²) in [6, 6.07) is 1.83. The van der Waals surface area contributed by atoms with Crippen LogP contribution in [0.3, 0.4) is 0 Å². The molecule has 29 heavy (non-hydrogen) atoms. The monoisotopic (exact) mass is 413 g/mol. The summed E-state index contributed by atoms with van der Waals surface area (Å²) in [7, 11) is 0. The first kappa shape index (κ1) is 20.0. The van der Waals surface area contributed by atoms with Gasteiger partial charge >= 0.3 is 0 Å². The molecule has 1 amide bonds. The van der Waals surface area contributed by atoms with E-state index in [1.165, 1.54) is 11.3 Å². The van der Waals surface area contributed by atoms with E-state index in [0.717, 1.165) is 53.5 Å². The predicted octanol–water partition coefficient (Wildman–Crippen LogP) is 4.09. The minimum Gasteiger partial charge on any atom is -0.381 e. The van der Waals surface area contributed by atoms with Crippen molar-refractivity contribution in [3.63, 3.8) is 0 Å². The fourth-order valence-electron chi connectivity index (χ4n) is 3.62. The molecule has 4 rings (SSSR count). The van der Waals surface area contributed by atoms with Crippen molar-refractivity contribution in [2.45, 2.75) is 53.0 Å². The first-order chi connectivity index (χ1) is 13.7. The molecule has 0 bridgehead atoms. The van der Waals surface area contributed by atoms with Crippen molar-refractivity contribution in [1.82, 2.24) is 19.7 Å². The van der Waals surface area contributed by atoms with E-state index in [4.69, 9.17) is 14.7 Å². The number of carbonyl (C=O) groups is 1. The zero-order chi connectivity index (χ0) is 20.8. The molecule has 7 nitrogen and oxygen atoms in total. The number of hydrogen-bond acceptors (Lipinski definition) is 6. The van der Waals surface area contributed by atoms with Crippen LogP contribution in [0.15, 0.2) is 12.3 Å². The molecule has 1 N–H and O–H groups in total. The first-order valence-corrected chi connectivity index (χ1v) is 10.7. The highest BCUT2D eigenvalue weighted by Gasteiger charge is 2.24. The lowest BCUT2D eigenvalue weighted by molar-refractivity contribution is 0.102. The fourth-order valence-corrected chi connectivity index (χ4v) is 4.75. The summed E-state index contributed by atoms with van der Waals surface area (Å²) in [6.07, 6.45) is 2.74. The molecule has 1 aliphatic rings. The maximum atomic E-state index is 13.1. The molecule has 0 unspecified atom stereocenters. The zero-order valence-electron chi connectivity index (χ0n) is 17.6. The van der Waals surface area contributed by atoms with Crippen LogP contribution in [0.25, 0.3) is 10.2 Å². The number of hydrogen-bond donors (Lipinski definition) is 1. The number of carbonyl (C=O) groups excluding carboxylic acids is 1. The molecule has 1 saturated heterocycles. The minimum atomic E-state index is -0.143. The molecule has 3 aromatic heterocycles. The Labute approximate surface area is 174 Å². The number of nitrogens with zero attached hydrogens (tertiary/aromatic N) is 4. The number of aryl methyl sites for hydroxylation is 2. The Kier molecular flexibility index (Phi) is 5.16. The molecule has 8 heteroatoms. The van der Waals surface area contributed by atoms with Gasteiger partial charge in [-0.2, -0.15) is 5.10 Å². The van der Waals surface area contributed by atoms with Crippen LogP contribution in [0.4, 0.5) is 5.82 Å². The van der Waals surface area contributed by atoms with E-state index in [0.29, 0.717) is 16.6 Å². The van der Waals surface area contributed by atoms with Crippen LogP contribution in [0, 0.1) is 19.8 Å². The van der Waals surface area contributed by atoms with E-state index in [1.807, 2.05) is 24.6 Å². The van der Waals surface area contributed by atoms with Crippen molar-refractivity contribution in [2.75, 3.05) is 18.5 Å². The van der Waals surface area contributed by atoms with Gasteiger partial charge in [0.25, 0.3) is 5.91 Å². The maximum Gasteiger partial charge on any atom is 0.267 e. The third-order valence-electron chi connectivity index (χ3n) is 5.26. The lowest BCUT2D eigenvalue weighted by atomic mass is 9.95. The van der Waals surface area contributed by atoms with Gasteiger partial charge in [-0.15, -0.1) is 11.3 Å². The van der Waals surface area contributed by atoms with Crippen LogP contribution < -0.4 is 5.32 Å². The minimum absolute atomic E-state index is 0.133. The highest BCUT2D eigenvalue weighted by atomic mass is 32.1. The van der Waals surface area contributed by atoms with Gasteiger partial charge in [-0.05, 0) is 25.8 Å². The molecular formula is C21H27N5O2S. The summed E-state index contributed by atoms with van der Waals surface area (Å²) in [5, 5.41) is 8.38. The molecular weight excluding hydrogens is 386 g/mol. The van der Waals surface area contributed by atoms with Crippen molar-refractivity contribution in [1.29, 1.82) is 0 Å². The maximum absolute atomic E-state index is 13.1. The van der Waals surface area contributed by atoms with E-state index in [9.17, 15) is 4.79 Å². The molecule has 4 heterocycles. The molecule has 1 aliphatic heterocycles. The number of ether oxygens (including phenoxy) is 1. The third-order valence-corrected chi connectivity index (χ3v) is 6.45. The van der Waals surface area contributed by atoms with E-state index in [1.54, 1.807) is 6.20 Å². The van der Waals surface area contributed by atoms with Gasteiger partial charge in [-0.1, -0.05) is 20.8 Å². The predicted molar refractivity (Wildman–Crippen MR) is 115 cm³/mol. The lowest BCUT2D eigenvalue weighted by Crippen LogP contribution is -2.18. The lowest BCUT2D eigenvalue weighted by Gasteiger charge is -2.16. The summed E-state index contributed by atoms with van der Waals surface area (Å²) < 4.78 is 7.30. The Hall–Kier alpha value is -2.32. The third kappa shape index (κ3) is 3.91. The second kappa shape index (κ2) is 7.50. The van der Waals surface area contributed by atoms with Gasteiger partial charge < -0.3 is 10.1 Å². The molecule has 1 atom stereocenters. The van der Waals surface area contributed by atoms with Crippen molar-refractivity contribution in [3.8, 4) is 0 Å². The number of aromatic nitrogens is 4.